The van der Waals surface area contributed by atoms with Gasteiger partial charge in [0.2, 0.25) is 5.11 Å². The summed E-state index contributed by atoms with van der Waals surface area (Å²) in [6.07, 6.45) is 0. The number of nitrogens with one attached hydrogen (secondary N) is 1. The Kier molecular flexibility index (Phi) is 8.95. The summed E-state index contributed by atoms with van der Waals surface area (Å²) in [6, 6.07) is 23.2. The number of amides is 2. The number of rotatable bonds is 8. The standard InChI is InChI=1S/C25H18N5O6S.2CH3.Sn/c31-24(27-28-29-33)19-13-15-20(16-14-19)26-25(32)23(18-8-2-1-3-9-18)30(37(34,35)36)22-12-6-10-17-7-4-5-11-21(17)22;;;/h1-6,8-16,23H,(H2,26,31,32,34,35,36);2*1H3;/p+1/t23-;;;/m0.../s1. The number of carbonyl (C=O) groups excluding carboxylic acids is 2. The number of hydrogen-bond donors (Lipinski definition) is 3. The molecule has 0 aliphatic rings. The van der Waals surface area contributed by atoms with Gasteiger partial charge < -0.3 is 5.21 Å². The Morgan fingerprint density at radius 1 is 0.900 bits per heavy atom. The van der Waals surface area contributed by atoms with E-state index in [0.29, 0.717) is 10.9 Å². The molecule has 0 aliphatic heterocycles. The van der Waals surface area contributed by atoms with Crippen molar-refractivity contribution in [2.45, 2.75) is 15.9 Å². The summed E-state index contributed by atoms with van der Waals surface area (Å²) in [7, 11) is -4.96. The third kappa shape index (κ3) is 6.37. The molecule has 203 valence electrons. The molecular weight excluding hydrogens is 641 g/mol. The van der Waals surface area contributed by atoms with Gasteiger partial charge in [-0.3, -0.25) is 4.79 Å². The van der Waals surface area contributed by atoms with Crippen LogP contribution in [0.3, 0.4) is 0 Å². The molecule has 4 aromatic rings. The van der Waals surface area contributed by atoms with Crippen LogP contribution in [0.4, 0.5) is 11.4 Å². The summed E-state index contributed by atoms with van der Waals surface area (Å²) in [5, 5.41) is 18.1. The molecule has 0 aliphatic carbocycles. The first-order chi connectivity index (χ1) is 19.1. The summed E-state index contributed by atoms with van der Waals surface area (Å²) in [5.74, 6) is -1.51. The fraction of sp³-hybridized carbons (Fsp3) is 0.111. The molecule has 40 heavy (non-hydrogen) atoms. The van der Waals surface area contributed by atoms with E-state index in [1.165, 1.54) is 27.8 Å². The zero-order valence-electron chi connectivity index (χ0n) is 21.5. The van der Waals surface area contributed by atoms with Crippen LogP contribution >= 0.6 is 0 Å². The molecule has 0 fully saturated rings. The normalized spacial score (nSPS) is 11.9. The van der Waals surface area contributed by atoms with E-state index in [1.54, 1.807) is 48.5 Å². The quantitative estimate of drug-likeness (QED) is 0.0836. The van der Waals surface area contributed by atoms with Crippen LogP contribution in [0.5, 0.6) is 0 Å². The van der Waals surface area contributed by atoms with Crippen LogP contribution in [0.15, 0.2) is 101 Å². The maximum atomic E-state index is 13.8. The molecule has 3 N–H and O–H groups in total. The van der Waals surface area contributed by atoms with Crippen molar-refractivity contribution in [3.8, 4) is 0 Å². The second kappa shape index (κ2) is 12.4. The van der Waals surface area contributed by atoms with E-state index >= 15 is 0 Å². The van der Waals surface area contributed by atoms with Gasteiger partial charge in [0.1, 0.15) is 0 Å². The van der Waals surface area contributed by atoms with Gasteiger partial charge in [0.05, 0.1) is 0 Å². The number of benzene rings is 4. The SMILES string of the molecule is [CH3][Sn]([CH3])[c]1cccc2c(N([C@H](C(=O)Nc3ccc(C(=O)N=[N+]=NO)cc3)c3ccccc3)S(=O)(=O)O)cccc12. The Balaban J connectivity index is 1.82. The van der Waals surface area contributed by atoms with Crippen molar-refractivity contribution < 1.29 is 27.8 Å². The van der Waals surface area contributed by atoms with Gasteiger partial charge in [-0.05, 0) is 0 Å². The van der Waals surface area contributed by atoms with Gasteiger partial charge in [-0.15, -0.1) is 0 Å². The van der Waals surface area contributed by atoms with Gasteiger partial charge in [-0.2, -0.15) is 0 Å². The van der Waals surface area contributed by atoms with Crippen molar-refractivity contribution in [2.24, 2.45) is 10.4 Å². The Hall–Kier alpha value is -4.10. The first kappa shape index (κ1) is 28.9. The van der Waals surface area contributed by atoms with Crippen molar-refractivity contribution in [1.82, 2.24) is 4.91 Å². The van der Waals surface area contributed by atoms with E-state index in [2.05, 4.69) is 30.5 Å². The fourth-order valence-corrected chi connectivity index (χ4v) is 8.65. The number of anilines is 2. The molecule has 4 rings (SSSR count). The monoisotopic (exact) mass is 667 g/mol. The molecule has 0 saturated carbocycles. The van der Waals surface area contributed by atoms with Gasteiger partial charge in [-0.1, -0.05) is 0 Å². The van der Waals surface area contributed by atoms with Crippen LogP contribution in [0, 0.1) is 0 Å². The first-order valence-electron chi connectivity index (χ1n) is 12.0. The molecule has 4 aromatic carbocycles. The third-order valence-electron chi connectivity index (χ3n) is 6.10. The van der Waals surface area contributed by atoms with Crippen molar-refractivity contribution in [1.29, 1.82) is 0 Å². The number of hydrogen-bond acceptors (Lipinski definition) is 5. The van der Waals surface area contributed by atoms with Crippen molar-refractivity contribution in [3.63, 3.8) is 0 Å². The summed E-state index contributed by atoms with van der Waals surface area (Å²) < 4.78 is 38.5. The van der Waals surface area contributed by atoms with E-state index in [9.17, 15) is 22.6 Å². The molecule has 0 aromatic heterocycles. The predicted octanol–water partition coefficient (Wildman–Crippen LogP) is 4.29. The average molecular weight is 666 g/mol. The van der Waals surface area contributed by atoms with E-state index in [-0.39, 0.29) is 16.9 Å². The van der Waals surface area contributed by atoms with Crippen LogP contribution in [-0.2, 0) is 15.1 Å². The Morgan fingerprint density at radius 3 is 2.17 bits per heavy atom. The zero-order chi connectivity index (χ0) is 28.9. The molecule has 1 atom stereocenters. The van der Waals surface area contributed by atoms with Crippen LogP contribution in [0.1, 0.15) is 22.0 Å². The van der Waals surface area contributed by atoms with Gasteiger partial charge in [0, 0.05) is 0 Å². The second-order valence-electron chi connectivity index (χ2n) is 8.92. The second-order valence-corrected chi connectivity index (χ2v) is 17.5. The third-order valence-corrected chi connectivity index (χ3v) is 11.3. The van der Waals surface area contributed by atoms with E-state index < -0.39 is 47.9 Å². The van der Waals surface area contributed by atoms with Crippen molar-refractivity contribution in [3.05, 3.63) is 102 Å². The molecule has 1 radical (unpaired) electrons. The van der Waals surface area contributed by atoms with Gasteiger partial charge >= 0.3 is 218 Å². The Bertz CT molecular complexity index is 1720. The van der Waals surface area contributed by atoms with Gasteiger partial charge in [-0.25, -0.2) is 0 Å². The predicted molar refractivity (Wildman–Crippen MR) is 152 cm³/mol. The molecule has 0 saturated heterocycles. The van der Waals surface area contributed by atoms with E-state index in [1.807, 2.05) is 18.2 Å². The zero-order valence-corrected chi connectivity index (χ0v) is 25.1. The number of nitrogens with zero attached hydrogens (tertiary/aromatic N) is 4. The molecule has 2 amide bonds. The maximum absolute atomic E-state index is 13.8. The molecule has 11 nitrogen and oxygen atoms in total. The van der Waals surface area contributed by atoms with Crippen molar-refractivity contribution >= 4 is 67.6 Å². The minimum atomic E-state index is -4.96. The Labute approximate surface area is 237 Å². The summed E-state index contributed by atoms with van der Waals surface area (Å²) in [4.78, 5) is 33.0. The van der Waals surface area contributed by atoms with Crippen LogP contribution in [0.2, 0.25) is 9.88 Å². The summed E-state index contributed by atoms with van der Waals surface area (Å²) >= 11 is -1.91. The summed E-state index contributed by atoms with van der Waals surface area (Å²) in [6.45, 7) is 0. The van der Waals surface area contributed by atoms with Crippen LogP contribution < -0.4 is 18.1 Å². The van der Waals surface area contributed by atoms with Crippen molar-refractivity contribution in [2.75, 3.05) is 9.62 Å². The molecule has 0 bridgehead atoms. The Morgan fingerprint density at radius 2 is 1.55 bits per heavy atom. The topological polar surface area (TPSA) is 163 Å². The number of fused-ring (bicyclic) bond motifs is 1. The molecule has 13 heteroatoms. The number of carbonyl (C=O) groups is 2. The average Bonchev–Trinajstić information content (AvgIpc) is 2.94. The van der Waals surface area contributed by atoms with E-state index in [0.717, 1.165) is 9.69 Å². The molecule has 0 heterocycles. The van der Waals surface area contributed by atoms with Gasteiger partial charge in [0.15, 0.2) is 0 Å². The fourth-order valence-electron chi connectivity index (χ4n) is 4.37. The molecular formula is C27H25N5O6SSn+. The van der Waals surface area contributed by atoms with E-state index in [4.69, 9.17) is 5.21 Å². The van der Waals surface area contributed by atoms with Crippen LogP contribution in [-0.4, -0.2) is 49.8 Å². The van der Waals surface area contributed by atoms with Gasteiger partial charge in [0.25, 0.3) is 4.91 Å². The minimum absolute atomic E-state index is 0.117. The molecule has 0 unspecified atom stereocenters. The van der Waals surface area contributed by atoms with Crippen LogP contribution in [0.25, 0.3) is 10.8 Å². The first-order valence-corrected chi connectivity index (χ1v) is 20.5. The molecule has 0 spiro atoms. The summed E-state index contributed by atoms with van der Waals surface area (Å²) in [5.41, 5.74) is 0.866.